The molecule has 2 unspecified atom stereocenters. The normalized spacial score (nSPS) is 24.8. The molecule has 0 spiro atoms. The van der Waals surface area contributed by atoms with Gasteiger partial charge in [-0.05, 0) is 18.6 Å². The minimum Gasteiger partial charge on any atom is -0.481 e. The number of piperazine rings is 1. The lowest BCUT2D eigenvalue weighted by atomic mass is 10.2. The van der Waals surface area contributed by atoms with Crippen LogP contribution in [0.15, 0.2) is 24.3 Å². The average molecular weight is 309 g/mol. The van der Waals surface area contributed by atoms with Crippen molar-refractivity contribution < 1.29 is 14.7 Å². The highest BCUT2D eigenvalue weighted by atomic mass is 35.5. The van der Waals surface area contributed by atoms with Crippen LogP contribution in [0.5, 0.6) is 0 Å². The summed E-state index contributed by atoms with van der Waals surface area (Å²) in [4.78, 5) is 27.0. The largest absolute Gasteiger partial charge is 0.481 e. The molecule has 1 saturated carbocycles. The van der Waals surface area contributed by atoms with Crippen LogP contribution in [-0.4, -0.2) is 48.1 Å². The molecule has 1 N–H and O–H groups in total. The number of carbonyl (C=O) groups is 2. The molecule has 0 aromatic heterocycles. The Labute approximate surface area is 128 Å². The standard InChI is InChI=1S/C15H17ClN2O3/c16-12-3-1-2-4-13(12)17-5-7-18(8-6-17)14(19)10-9-11(10)15(20)21/h1-4,10-11H,5-9H2,(H,20,21). The van der Waals surface area contributed by atoms with Gasteiger partial charge < -0.3 is 14.9 Å². The van der Waals surface area contributed by atoms with E-state index in [9.17, 15) is 9.59 Å². The van der Waals surface area contributed by atoms with Crippen LogP contribution >= 0.6 is 11.6 Å². The van der Waals surface area contributed by atoms with Crippen LogP contribution in [-0.2, 0) is 9.59 Å². The summed E-state index contributed by atoms with van der Waals surface area (Å²) in [5, 5.41) is 9.61. The zero-order valence-corrected chi connectivity index (χ0v) is 12.3. The number of carboxylic acids is 1. The van der Waals surface area contributed by atoms with Gasteiger partial charge >= 0.3 is 5.97 Å². The minimum atomic E-state index is -0.858. The summed E-state index contributed by atoms with van der Waals surface area (Å²) in [5.41, 5.74) is 0.987. The molecule has 3 rings (SSSR count). The highest BCUT2D eigenvalue weighted by molar-refractivity contribution is 6.33. The molecule has 1 aromatic rings. The summed E-state index contributed by atoms with van der Waals surface area (Å²) in [6, 6.07) is 7.67. The lowest BCUT2D eigenvalue weighted by molar-refractivity contribution is -0.142. The summed E-state index contributed by atoms with van der Waals surface area (Å²) in [6.07, 6.45) is 0.485. The topological polar surface area (TPSA) is 60.9 Å². The van der Waals surface area contributed by atoms with Crippen molar-refractivity contribution in [3.05, 3.63) is 29.3 Å². The predicted molar refractivity (Wildman–Crippen MR) is 79.5 cm³/mol. The molecule has 1 saturated heterocycles. The molecule has 1 aliphatic heterocycles. The van der Waals surface area contributed by atoms with Crippen LogP contribution in [0, 0.1) is 11.8 Å². The van der Waals surface area contributed by atoms with Gasteiger partial charge in [-0.25, -0.2) is 0 Å². The van der Waals surface area contributed by atoms with Crippen molar-refractivity contribution in [3.8, 4) is 0 Å². The first-order valence-corrected chi connectivity index (χ1v) is 7.47. The molecule has 0 bridgehead atoms. The zero-order valence-electron chi connectivity index (χ0n) is 11.5. The number of carbonyl (C=O) groups excluding carboxylic acids is 1. The van der Waals surface area contributed by atoms with E-state index in [1.165, 1.54) is 0 Å². The average Bonchev–Trinajstić information content (AvgIpc) is 3.28. The zero-order chi connectivity index (χ0) is 15.0. The van der Waals surface area contributed by atoms with Gasteiger partial charge in [0.2, 0.25) is 5.91 Å². The molecule has 1 aliphatic carbocycles. The van der Waals surface area contributed by atoms with Crippen LogP contribution in [0.4, 0.5) is 5.69 Å². The molecule has 1 heterocycles. The van der Waals surface area contributed by atoms with Crippen molar-refractivity contribution in [1.29, 1.82) is 0 Å². The van der Waals surface area contributed by atoms with Gasteiger partial charge in [0, 0.05) is 26.2 Å². The van der Waals surface area contributed by atoms with Crippen molar-refractivity contribution in [2.45, 2.75) is 6.42 Å². The third kappa shape index (κ3) is 2.83. The van der Waals surface area contributed by atoms with E-state index in [0.29, 0.717) is 24.5 Å². The van der Waals surface area contributed by atoms with E-state index < -0.39 is 11.9 Å². The maximum Gasteiger partial charge on any atom is 0.307 e. The Morgan fingerprint density at radius 2 is 1.76 bits per heavy atom. The second-order valence-electron chi connectivity index (χ2n) is 5.55. The second kappa shape index (κ2) is 5.56. The van der Waals surface area contributed by atoms with Crippen molar-refractivity contribution in [2.75, 3.05) is 31.1 Å². The minimum absolute atomic E-state index is 0.0128. The van der Waals surface area contributed by atoms with Gasteiger partial charge in [0.15, 0.2) is 0 Å². The van der Waals surface area contributed by atoms with E-state index in [-0.39, 0.29) is 11.8 Å². The first-order chi connectivity index (χ1) is 10.1. The molecule has 112 valence electrons. The molecule has 2 aliphatic rings. The third-order valence-corrected chi connectivity index (χ3v) is 4.53. The summed E-state index contributed by atoms with van der Waals surface area (Å²) >= 11 is 6.18. The smallest absolute Gasteiger partial charge is 0.307 e. The number of hydrogen-bond acceptors (Lipinski definition) is 3. The number of benzene rings is 1. The van der Waals surface area contributed by atoms with Crippen LogP contribution in [0.25, 0.3) is 0 Å². The Hall–Kier alpha value is -1.75. The van der Waals surface area contributed by atoms with E-state index in [4.69, 9.17) is 16.7 Å². The Morgan fingerprint density at radius 1 is 1.10 bits per heavy atom. The van der Waals surface area contributed by atoms with Crippen LogP contribution in [0.1, 0.15) is 6.42 Å². The number of aliphatic carboxylic acids is 1. The van der Waals surface area contributed by atoms with E-state index >= 15 is 0 Å². The van der Waals surface area contributed by atoms with Crippen LogP contribution in [0.3, 0.4) is 0 Å². The summed E-state index contributed by atoms with van der Waals surface area (Å²) < 4.78 is 0. The van der Waals surface area contributed by atoms with Gasteiger partial charge in [-0.1, -0.05) is 23.7 Å². The molecule has 2 atom stereocenters. The second-order valence-corrected chi connectivity index (χ2v) is 5.96. The van der Waals surface area contributed by atoms with Crippen molar-refractivity contribution in [2.24, 2.45) is 11.8 Å². The van der Waals surface area contributed by atoms with Crippen LogP contribution in [0.2, 0.25) is 5.02 Å². The summed E-state index contributed by atoms with van der Waals surface area (Å²) in [5.74, 6) is -1.65. The molecule has 21 heavy (non-hydrogen) atoms. The summed E-state index contributed by atoms with van der Waals surface area (Å²) in [7, 11) is 0. The molecule has 1 amide bonds. The predicted octanol–water partition coefficient (Wildman–Crippen LogP) is 1.71. The van der Waals surface area contributed by atoms with Crippen LogP contribution < -0.4 is 4.90 Å². The number of rotatable bonds is 3. The molecule has 0 radical (unpaired) electrons. The van der Waals surface area contributed by atoms with Gasteiger partial charge in [0.25, 0.3) is 0 Å². The number of hydrogen-bond donors (Lipinski definition) is 1. The fraction of sp³-hybridized carbons (Fsp3) is 0.467. The van der Waals surface area contributed by atoms with E-state index in [2.05, 4.69) is 4.90 Å². The first kappa shape index (κ1) is 14.2. The van der Waals surface area contributed by atoms with Crippen molar-refractivity contribution in [1.82, 2.24) is 4.90 Å². The Kier molecular flexibility index (Phi) is 3.76. The first-order valence-electron chi connectivity index (χ1n) is 7.09. The SMILES string of the molecule is O=C(O)C1CC1C(=O)N1CCN(c2ccccc2Cl)CC1. The maximum absolute atomic E-state index is 12.2. The fourth-order valence-electron chi connectivity index (χ4n) is 2.85. The Balaban J connectivity index is 1.57. The third-order valence-electron chi connectivity index (χ3n) is 4.21. The summed E-state index contributed by atoms with van der Waals surface area (Å²) in [6.45, 7) is 2.68. The Morgan fingerprint density at radius 3 is 2.33 bits per heavy atom. The van der Waals surface area contributed by atoms with E-state index in [1.54, 1.807) is 4.90 Å². The number of amides is 1. The van der Waals surface area contributed by atoms with Gasteiger partial charge in [0.05, 0.1) is 22.5 Å². The molecule has 6 heteroatoms. The number of anilines is 1. The highest BCUT2D eigenvalue weighted by Crippen LogP contribution is 2.40. The van der Waals surface area contributed by atoms with Gasteiger partial charge in [-0.15, -0.1) is 0 Å². The number of para-hydroxylation sites is 1. The molecule has 1 aromatic carbocycles. The number of halogens is 1. The molecule has 2 fully saturated rings. The molecular formula is C15H17ClN2O3. The fourth-order valence-corrected chi connectivity index (χ4v) is 3.11. The van der Waals surface area contributed by atoms with Gasteiger partial charge in [0.1, 0.15) is 0 Å². The molecule has 5 nitrogen and oxygen atoms in total. The van der Waals surface area contributed by atoms with Crippen molar-refractivity contribution in [3.63, 3.8) is 0 Å². The number of nitrogens with zero attached hydrogens (tertiary/aromatic N) is 2. The van der Waals surface area contributed by atoms with E-state index in [1.807, 2.05) is 24.3 Å². The van der Waals surface area contributed by atoms with E-state index in [0.717, 1.165) is 18.8 Å². The lowest BCUT2D eigenvalue weighted by Gasteiger charge is -2.36. The number of carboxylic acid groups (broad SMARTS) is 1. The lowest BCUT2D eigenvalue weighted by Crippen LogP contribution is -2.49. The maximum atomic E-state index is 12.2. The quantitative estimate of drug-likeness (QED) is 0.923. The monoisotopic (exact) mass is 308 g/mol. The highest BCUT2D eigenvalue weighted by Gasteiger charge is 2.50. The van der Waals surface area contributed by atoms with Crippen molar-refractivity contribution >= 4 is 29.2 Å². The van der Waals surface area contributed by atoms with Gasteiger partial charge in [-0.3, -0.25) is 9.59 Å². The molecular weight excluding hydrogens is 292 g/mol. The van der Waals surface area contributed by atoms with Gasteiger partial charge in [-0.2, -0.15) is 0 Å². The Bertz CT molecular complexity index is 570.